The van der Waals surface area contributed by atoms with Gasteiger partial charge in [-0.3, -0.25) is 0 Å². The van der Waals surface area contributed by atoms with Crippen molar-refractivity contribution in [2.24, 2.45) is 17.3 Å². The maximum Gasteiger partial charge on any atom is 0.0692 e. The van der Waals surface area contributed by atoms with E-state index in [1.807, 2.05) is 0 Å². The van der Waals surface area contributed by atoms with E-state index in [9.17, 15) is 5.11 Å². The molecule has 2 fully saturated rings. The molecule has 3 unspecified atom stereocenters. The van der Waals surface area contributed by atoms with Crippen molar-refractivity contribution >= 4 is 0 Å². The van der Waals surface area contributed by atoms with Gasteiger partial charge in [0.2, 0.25) is 0 Å². The summed E-state index contributed by atoms with van der Waals surface area (Å²) in [7, 11) is 0. The van der Waals surface area contributed by atoms with Crippen LogP contribution >= 0.6 is 0 Å². The first kappa shape index (κ1) is 11.4. The highest BCUT2D eigenvalue weighted by atomic mass is 16.3. The van der Waals surface area contributed by atoms with Gasteiger partial charge in [-0.25, -0.2) is 0 Å². The van der Waals surface area contributed by atoms with Crippen molar-refractivity contribution in [1.82, 2.24) is 5.32 Å². The van der Waals surface area contributed by atoms with Crippen LogP contribution in [0.5, 0.6) is 0 Å². The zero-order valence-corrected chi connectivity index (χ0v) is 10.3. The Labute approximate surface area is 93.5 Å². The molecule has 2 rings (SSSR count). The normalized spacial score (nSPS) is 36.8. The fraction of sp³-hybridized carbons (Fsp3) is 1.00. The van der Waals surface area contributed by atoms with Gasteiger partial charge in [-0.1, -0.05) is 20.8 Å². The third-order valence-corrected chi connectivity index (χ3v) is 4.09. The van der Waals surface area contributed by atoms with Gasteiger partial charge < -0.3 is 10.4 Å². The fourth-order valence-corrected chi connectivity index (χ4v) is 3.09. The van der Waals surface area contributed by atoms with Crippen LogP contribution < -0.4 is 5.32 Å². The molecule has 0 amide bonds. The Morgan fingerprint density at radius 3 is 2.47 bits per heavy atom. The van der Waals surface area contributed by atoms with Crippen LogP contribution in [-0.4, -0.2) is 23.8 Å². The third-order valence-electron chi connectivity index (χ3n) is 4.09. The highest BCUT2D eigenvalue weighted by molar-refractivity contribution is 4.92. The number of hydrogen-bond donors (Lipinski definition) is 2. The highest BCUT2D eigenvalue weighted by Crippen LogP contribution is 2.41. The number of aliphatic hydroxyl groups excluding tert-OH is 1. The number of nitrogens with one attached hydrogen (secondary N) is 1. The third kappa shape index (κ3) is 2.94. The van der Waals surface area contributed by atoms with E-state index < -0.39 is 0 Å². The van der Waals surface area contributed by atoms with E-state index >= 15 is 0 Å². The standard InChI is InChI=1S/C13H25NO/c1-9-6-13(2,3)7-11(9)14-8-12(15)10-4-5-10/h9-12,14-15H,4-8H2,1-3H3. The summed E-state index contributed by atoms with van der Waals surface area (Å²) in [6.45, 7) is 7.83. The van der Waals surface area contributed by atoms with Crippen LogP contribution in [-0.2, 0) is 0 Å². The van der Waals surface area contributed by atoms with Crippen molar-refractivity contribution in [3.63, 3.8) is 0 Å². The van der Waals surface area contributed by atoms with Gasteiger partial charge in [-0.05, 0) is 42.9 Å². The fourth-order valence-electron chi connectivity index (χ4n) is 3.09. The zero-order chi connectivity index (χ0) is 11.1. The topological polar surface area (TPSA) is 32.3 Å². The van der Waals surface area contributed by atoms with Crippen molar-refractivity contribution in [3.05, 3.63) is 0 Å². The van der Waals surface area contributed by atoms with Gasteiger partial charge in [0.05, 0.1) is 6.10 Å². The van der Waals surface area contributed by atoms with Gasteiger partial charge in [-0.15, -0.1) is 0 Å². The van der Waals surface area contributed by atoms with E-state index in [2.05, 4.69) is 26.1 Å². The van der Waals surface area contributed by atoms with Crippen LogP contribution in [0.3, 0.4) is 0 Å². The van der Waals surface area contributed by atoms with Gasteiger partial charge in [-0.2, -0.15) is 0 Å². The summed E-state index contributed by atoms with van der Waals surface area (Å²) in [6.07, 6.45) is 4.93. The minimum Gasteiger partial charge on any atom is -0.392 e. The molecule has 2 saturated carbocycles. The zero-order valence-electron chi connectivity index (χ0n) is 10.3. The van der Waals surface area contributed by atoms with E-state index in [4.69, 9.17) is 0 Å². The summed E-state index contributed by atoms with van der Waals surface area (Å²) in [5.41, 5.74) is 0.488. The molecule has 0 bridgehead atoms. The van der Waals surface area contributed by atoms with Crippen molar-refractivity contribution in [3.8, 4) is 0 Å². The lowest BCUT2D eigenvalue weighted by atomic mass is 9.91. The van der Waals surface area contributed by atoms with Gasteiger partial charge in [0.1, 0.15) is 0 Å². The summed E-state index contributed by atoms with van der Waals surface area (Å²) in [5, 5.41) is 13.4. The number of hydrogen-bond acceptors (Lipinski definition) is 2. The molecule has 0 aliphatic heterocycles. The van der Waals surface area contributed by atoms with Crippen LogP contribution in [0.2, 0.25) is 0 Å². The van der Waals surface area contributed by atoms with Gasteiger partial charge in [0, 0.05) is 12.6 Å². The first-order valence-corrected chi connectivity index (χ1v) is 6.39. The van der Waals surface area contributed by atoms with Crippen molar-refractivity contribution in [1.29, 1.82) is 0 Å². The molecule has 2 N–H and O–H groups in total. The van der Waals surface area contributed by atoms with Gasteiger partial charge >= 0.3 is 0 Å². The van der Waals surface area contributed by atoms with Crippen LogP contribution in [0, 0.1) is 17.3 Å². The van der Waals surface area contributed by atoms with Crippen LogP contribution in [0.4, 0.5) is 0 Å². The quantitative estimate of drug-likeness (QED) is 0.747. The number of aliphatic hydroxyl groups is 1. The highest BCUT2D eigenvalue weighted by Gasteiger charge is 2.37. The molecule has 2 aliphatic carbocycles. The first-order chi connectivity index (χ1) is 6.98. The van der Waals surface area contributed by atoms with Crippen molar-refractivity contribution in [2.45, 2.75) is 58.6 Å². The van der Waals surface area contributed by atoms with E-state index in [0.717, 1.165) is 12.5 Å². The molecule has 0 aromatic heterocycles. The first-order valence-electron chi connectivity index (χ1n) is 6.39. The molecule has 2 aliphatic rings. The van der Waals surface area contributed by atoms with E-state index in [1.165, 1.54) is 25.7 Å². The Morgan fingerprint density at radius 1 is 1.33 bits per heavy atom. The van der Waals surface area contributed by atoms with E-state index in [-0.39, 0.29) is 6.10 Å². The smallest absolute Gasteiger partial charge is 0.0692 e. The molecule has 0 aromatic rings. The molecule has 0 spiro atoms. The molecule has 15 heavy (non-hydrogen) atoms. The average molecular weight is 211 g/mol. The SMILES string of the molecule is CC1CC(C)(C)CC1NCC(O)C1CC1. The average Bonchev–Trinajstić information content (AvgIpc) is 2.90. The maximum atomic E-state index is 9.80. The lowest BCUT2D eigenvalue weighted by Crippen LogP contribution is -2.38. The summed E-state index contributed by atoms with van der Waals surface area (Å²) in [5.74, 6) is 1.36. The van der Waals surface area contributed by atoms with Crippen molar-refractivity contribution < 1.29 is 5.11 Å². The summed E-state index contributed by atoms with van der Waals surface area (Å²) >= 11 is 0. The monoisotopic (exact) mass is 211 g/mol. The molecule has 0 radical (unpaired) electrons. The van der Waals surface area contributed by atoms with Crippen LogP contribution in [0.25, 0.3) is 0 Å². The Balaban J connectivity index is 1.74. The largest absolute Gasteiger partial charge is 0.392 e. The summed E-state index contributed by atoms with van der Waals surface area (Å²) < 4.78 is 0. The van der Waals surface area contributed by atoms with Crippen molar-refractivity contribution in [2.75, 3.05) is 6.54 Å². The Hall–Kier alpha value is -0.0800. The Bertz CT molecular complexity index is 223. The Morgan fingerprint density at radius 2 is 2.00 bits per heavy atom. The molecule has 2 nitrogen and oxygen atoms in total. The molecular weight excluding hydrogens is 186 g/mol. The molecule has 0 heterocycles. The van der Waals surface area contributed by atoms with Crippen LogP contribution in [0.15, 0.2) is 0 Å². The second-order valence-corrected chi connectivity index (χ2v) is 6.47. The second kappa shape index (κ2) is 4.06. The molecule has 0 aromatic carbocycles. The van der Waals surface area contributed by atoms with Crippen LogP contribution in [0.1, 0.15) is 46.5 Å². The molecule has 88 valence electrons. The van der Waals surface area contributed by atoms with E-state index in [1.54, 1.807) is 0 Å². The summed E-state index contributed by atoms with van der Waals surface area (Å²) in [6, 6.07) is 0.619. The molecule has 2 heteroatoms. The minimum atomic E-state index is -0.0964. The van der Waals surface area contributed by atoms with Gasteiger partial charge in [0.25, 0.3) is 0 Å². The second-order valence-electron chi connectivity index (χ2n) is 6.47. The van der Waals surface area contributed by atoms with Gasteiger partial charge in [0.15, 0.2) is 0 Å². The minimum absolute atomic E-state index is 0.0964. The molecule has 0 saturated heterocycles. The molecule has 3 atom stereocenters. The lowest BCUT2D eigenvalue weighted by molar-refractivity contribution is 0.142. The Kier molecular flexibility index (Phi) is 3.09. The predicted octanol–water partition coefficient (Wildman–Crippen LogP) is 2.17. The number of rotatable bonds is 4. The predicted molar refractivity (Wildman–Crippen MR) is 62.7 cm³/mol. The molecular formula is C13H25NO. The maximum absolute atomic E-state index is 9.80. The lowest BCUT2D eigenvalue weighted by Gasteiger charge is -2.20. The summed E-state index contributed by atoms with van der Waals surface area (Å²) in [4.78, 5) is 0. The van der Waals surface area contributed by atoms with E-state index in [0.29, 0.717) is 17.4 Å².